The van der Waals surface area contributed by atoms with Crippen LogP contribution in [0.15, 0.2) is 48.5 Å². The Morgan fingerprint density at radius 1 is 0.950 bits per heavy atom. The van der Waals surface area contributed by atoms with Gasteiger partial charge in [0.1, 0.15) is 17.6 Å². The van der Waals surface area contributed by atoms with E-state index >= 15 is 0 Å². The molecule has 0 atom stereocenters. The summed E-state index contributed by atoms with van der Waals surface area (Å²) in [6.45, 7) is 1.06. The van der Waals surface area contributed by atoms with Crippen LogP contribution in [0.25, 0.3) is 0 Å². The fourth-order valence-electron chi connectivity index (χ4n) is 1.65. The van der Waals surface area contributed by atoms with Crippen molar-refractivity contribution in [1.82, 2.24) is 0 Å². The Kier molecular flexibility index (Phi) is 5.28. The Bertz CT molecular complexity index is 590. The quantitative estimate of drug-likeness (QED) is 0.753. The van der Waals surface area contributed by atoms with Crippen molar-refractivity contribution in [3.63, 3.8) is 0 Å². The summed E-state index contributed by atoms with van der Waals surface area (Å²) in [7, 11) is 0. The van der Waals surface area contributed by atoms with Crippen LogP contribution >= 0.6 is 11.6 Å². The first-order chi connectivity index (χ1) is 9.79. The van der Waals surface area contributed by atoms with Gasteiger partial charge in [-0.3, -0.25) is 0 Å². The van der Waals surface area contributed by atoms with E-state index in [2.05, 4.69) is 6.07 Å². The van der Waals surface area contributed by atoms with Gasteiger partial charge in [0.2, 0.25) is 0 Å². The number of nitriles is 1. The molecule has 0 aliphatic rings. The third-order valence-electron chi connectivity index (χ3n) is 2.64. The second-order valence-electron chi connectivity index (χ2n) is 4.11. The second-order valence-corrected chi connectivity index (χ2v) is 4.55. The molecule has 2 rings (SSSR count). The SMILES string of the molecule is N#Cc1ccccc1OCCCOc1ccc(Cl)cc1. The zero-order valence-electron chi connectivity index (χ0n) is 10.9. The van der Waals surface area contributed by atoms with E-state index in [0.717, 1.165) is 12.2 Å². The topological polar surface area (TPSA) is 42.2 Å². The van der Waals surface area contributed by atoms with E-state index in [1.54, 1.807) is 24.3 Å². The van der Waals surface area contributed by atoms with Crippen molar-refractivity contribution in [2.75, 3.05) is 13.2 Å². The number of benzene rings is 2. The van der Waals surface area contributed by atoms with Gasteiger partial charge in [0.15, 0.2) is 0 Å². The van der Waals surface area contributed by atoms with E-state index in [0.29, 0.717) is 29.5 Å². The van der Waals surface area contributed by atoms with E-state index in [1.807, 2.05) is 24.3 Å². The highest BCUT2D eigenvalue weighted by atomic mass is 35.5. The summed E-state index contributed by atoms with van der Waals surface area (Å²) >= 11 is 5.79. The van der Waals surface area contributed by atoms with Gasteiger partial charge in [0, 0.05) is 11.4 Å². The summed E-state index contributed by atoms with van der Waals surface area (Å²) in [6.07, 6.45) is 0.738. The molecular formula is C16H14ClNO2. The molecule has 0 spiro atoms. The molecule has 0 unspecified atom stereocenters. The molecule has 20 heavy (non-hydrogen) atoms. The molecule has 0 saturated carbocycles. The number of hydrogen-bond donors (Lipinski definition) is 0. The van der Waals surface area contributed by atoms with Gasteiger partial charge in [-0.15, -0.1) is 0 Å². The highest BCUT2D eigenvalue weighted by Crippen LogP contribution is 2.17. The van der Waals surface area contributed by atoms with Gasteiger partial charge in [-0.25, -0.2) is 0 Å². The van der Waals surface area contributed by atoms with Crippen LogP contribution in [0.1, 0.15) is 12.0 Å². The van der Waals surface area contributed by atoms with E-state index in [9.17, 15) is 0 Å². The number of nitrogens with zero attached hydrogens (tertiary/aromatic N) is 1. The summed E-state index contributed by atoms with van der Waals surface area (Å²) in [4.78, 5) is 0. The first kappa shape index (κ1) is 14.2. The van der Waals surface area contributed by atoms with Crippen LogP contribution in [0.3, 0.4) is 0 Å². The predicted octanol–water partition coefficient (Wildman–Crippen LogP) is 4.06. The third kappa shape index (κ3) is 4.18. The van der Waals surface area contributed by atoms with Crippen molar-refractivity contribution < 1.29 is 9.47 Å². The highest BCUT2D eigenvalue weighted by molar-refractivity contribution is 6.30. The van der Waals surface area contributed by atoms with Crippen molar-refractivity contribution in [2.24, 2.45) is 0 Å². The zero-order valence-corrected chi connectivity index (χ0v) is 11.6. The van der Waals surface area contributed by atoms with Gasteiger partial charge in [0.05, 0.1) is 18.8 Å². The monoisotopic (exact) mass is 287 g/mol. The van der Waals surface area contributed by atoms with Crippen molar-refractivity contribution in [2.45, 2.75) is 6.42 Å². The molecule has 0 heterocycles. The maximum Gasteiger partial charge on any atom is 0.137 e. The lowest BCUT2D eigenvalue weighted by Gasteiger charge is -2.09. The lowest BCUT2D eigenvalue weighted by Crippen LogP contribution is -2.05. The zero-order chi connectivity index (χ0) is 14.2. The van der Waals surface area contributed by atoms with Gasteiger partial charge in [-0.2, -0.15) is 5.26 Å². The third-order valence-corrected chi connectivity index (χ3v) is 2.89. The van der Waals surface area contributed by atoms with Gasteiger partial charge < -0.3 is 9.47 Å². The fourth-order valence-corrected chi connectivity index (χ4v) is 1.77. The maximum atomic E-state index is 8.93. The van der Waals surface area contributed by atoms with Crippen LogP contribution in [0.4, 0.5) is 0 Å². The predicted molar refractivity (Wildman–Crippen MR) is 78.2 cm³/mol. The van der Waals surface area contributed by atoms with Crippen molar-refractivity contribution in [3.05, 3.63) is 59.1 Å². The largest absolute Gasteiger partial charge is 0.493 e. The Morgan fingerprint density at radius 3 is 2.40 bits per heavy atom. The van der Waals surface area contributed by atoms with Gasteiger partial charge >= 0.3 is 0 Å². The molecule has 0 aliphatic heterocycles. The van der Waals surface area contributed by atoms with Crippen LogP contribution in [-0.4, -0.2) is 13.2 Å². The Balaban J connectivity index is 1.72. The fraction of sp³-hybridized carbons (Fsp3) is 0.188. The minimum atomic E-state index is 0.506. The molecule has 0 N–H and O–H groups in total. The molecule has 2 aromatic carbocycles. The molecule has 0 bridgehead atoms. The molecular weight excluding hydrogens is 274 g/mol. The first-order valence-electron chi connectivity index (χ1n) is 6.30. The molecule has 102 valence electrons. The van der Waals surface area contributed by atoms with Crippen LogP contribution in [0.2, 0.25) is 5.02 Å². The molecule has 0 saturated heterocycles. The van der Waals surface area contributed by atoms with Crippen LogP contribution < -0.4 is 9.47 Å². The maximum absolute atomic E-state index is 8.93. The van der Waals surface area contributed by atoms with Crippen molar-refractivity contribution >= 4 is 11.6 Å². The van der Waals surface area contributed by atoms with Crippen molar-refractivity contribution in [1.29, 1.82) is 5.26 Å². The average molecular weight is 288 g/mol. The van der Waals surface area contributed by atoms with Crippen LogP contribution in [-0.2, 0) is 0 Å². The molecule has 0 fully saturated rings. The second kappa shape index (κ2) is 7.42. The van der Waals surface area contributed by atoms with E-state index in [-0.39, 0.29) is 0 Å². The van der Waals surface area contributed by atoms with Crippen LogP contribution in [0.5, 0.6) is 11.5 Å². The molecule has 0 aliphatic carbocycles. The molecule has 3 nitrogen and oxygen atoms in total. The number of rotatable bonds is 6. The van der Waals surface area contributed by atoms with Crippen LogP contribution in [0, 0.1) is 11.3 Å². The summed E-state index contributed by atoms with van der Waals surface area (Å²) in [5.74, 6) is 1.40. The van der Waals surface area contributed by atoms with Gasteiger partial charge in [-0.1, -0.05) is 23.7 Å². The molecule has 0 aromatic heterocycles. The minimum Gasteiger partial charge on any atom is -0.493 e. The van der Waals surface area contributed by atoms with Gasteiger partial charge in [-0.05, 0) is 36.4 Å². The Labute approximate surface area is 123 Å². The summed E-state index contributed by atoms with van der Waals surface area (Å²) < 4.78 is 11.1. The molecule has 2 aromatic rings. The normalized spacial score (nSPS) is 9.80. The highest BCUT2D eigenvalue weighted by Gasteiger charge is 2.01. The Morgan fingerprint density at radius 2 is 1.65 bits per heavy atom. The number of halogens is 1. The molecule has 0 amide bonds. The molecule has 0 radical (unpaired) electrons. The number of hydrogen-bond acceptors (Lipinski definition) is 3. The van der Waals surface area contributed by atoms with E-state index in [4.69, 9.17) is 26.3 Å². The summed E-state index contributed by atoms with van der Waals surface area (Å²) in [5, 5.41) is 9.62. The first-order valence-corrected chi connectivity index (χ1v) is 6.67. The molecule has 4 heteroatoms. The summed E-state index contributed by atoms with van der Waals surface area (Å²) in [6, 6.07) is 16.5. The Hall–Kier alpha value is -2.18. The lowest BCUT2D eigenvalue weighted by atomic mass is 10.2. The number of ether oxygens (including phenoxy) is 2. The van der Waals surface area contributed by atoms with Crippen molar-refractivity contribution in [3.8, 4) is 17.6 Å². The minimum absolute atomic E-state index is 0.506. The summed E-state index contributed by atoms with van der Waals surface area (Å²) in [5.41, 5.74) is 0.547. The lowest BCUT2D eigenvalue weighted by molar-refractivity contribution is 0.247. The van der Waals surface area contributed by atoms with E-state index < -0.39 is 0 Å². The standard InChI is InChI=1S/C16H14ClNO2/c17-14-6-8-15(9-7-14)19-10-3-11-20-16-5-2-1-4-13(16)12-18/h1-2,4-9H,3,10-11H2. The number of para-hydroxylation sites is 1. The van der Waals surface area contributed by atoms with E-state index in [1.165, 1.54) is 0 Å². The van der Waals surface area contributed by atoms with Gasteiger partial charge in [0.25, 0.3) is 0 Å². The smallest absolute Gasteiger partial charge is 0.137 e. The average Bonchev–Trinajstić information content (AvgIpc) is 2.49.